The minimum atomic E-state index is 0.633. The fourth-order valence-corrected chi connectivity index (χ4v) is 0.676. The maximum Gasteiger partial charge on any atom is 0.196 e. The van der Waals surface area contributed by atoms with Gasteiger partial charge in [-0.3, -0.25) is 0 Å². The molecule has 2 nitrogen and oxygen atoms in total. The Morgan fingerprint density at radius 2 is 2.00 bits per heavy atom. The van der Waals surface area contributed by atoms with E-state index in [4.69, 9.17) is 0 Å². The monoisotopic (exact) mass is 185 g/mol. The highest BCUT2D eigenvalue weighted by molar-refractivity contribution is 9.10. The minimum absolute atomic E-state index is 0.633. The summed E-state index contributed by atoms with van der Waals surface area (Å²) in [5.74, 6) is 0. The van der Waals surface area contributed by atoms with E-state index < -0.39 is 0 Å². The molecule has 1 radical (unpaired) electrons. The van der Waals surface area contributed by atoms with E-state index >= 15 is 0 Å². The maximum absolute atomic E-state index is 3.92. The van der Waals surface area contributed by atoms with Gasteiger partial charge in [-0.05, 0) is 27.9 Å². The molecule has 0 spiro atoms. The highest BCUT2D eigenvalue weighted by Gasteiger charge is 1.89. The molecule has 0 unspecified atom stereocenters. The van der Waals surface area contributed by atoms with E-state index in [9.17, 15) is 0 Å². The molecule has 0 aliphatic rings. The predicted octanol–water partition coefficient (Wildman–Crippen LogP) is 1.81. The second kappa shape index (κ2) is 2.92. The van der Waals surface area contributed by atoms with Crippen LogP contribution in [0.25, 0.3) is 0 Å². The van der Waals surface area contributed by atoms with Gasteiger partial charge in [0.05, 0.1) is 0 Å². The Morgan fingerprint density at radius 1 is 1.44 bits per heavy atom. The van der Waals surface area contributed by atoms with E-state index in [2.05, 4.69) is 25.9 Å². The Hall–Kier alpha value is -0.440. The zero-order valence-corrected chi connectivity index (χ0v) is 6.59. The van der Waals surface area contributed by atoms with E-state index in [0.29, 0.717) is 4.73 Å². The first-order valence-corrected chi connectivity index (χ1v) is 3.39. The average Bonchev–Trinajstić information content (AvgIpc) is 1.90. The topological polar surface area (TPSA) is 25.8 Å². The Bertz CT molecular complexity index is 183. The summed E-state index contributed by atoms with van der Waals surface area (Å²) in [5.41, 5.74) is 1.04. The highest BCUT2D eigenvalue weighted by Crippen LogP contribution is 2.02. The molecule has 9 heavy (non-hydrogen) atoms. The van der Waals surface area contributed by atoms with Gasteiger partial charge in [-0.1, -0.05) is 6.92 Å². The molecule has 3 heteroatoms. The first-order valence-electron chi connectivity index (χ1n) is 2.60. The van der Waals surface area contributed by atoms with Crippen LogP contribution >= 0.6 is 15.9 Å². The third-order valence-corrected chi connectivity index (χ3v) is 1.38. The van der Waals surface area contributed by atoms with Crippen LogP contribution in [0, 0.1) is 6.42 Å². The smallest absolute Gasteiger partial charge is 0.196 e. The van der Waals surface area contributed by atoms with Crippen LogP contribution in [0.15, 0.2) is 17.1 Å². The number of aromatic nitrogens is 2. The van der Waals surface area contributed by atoms with Crippen LogP contribution in [0.3, 0.4) is 0 Å². The number of rotatable bonds is 1. The van der Waals surface area contributed by atoms with Crippen LogP contribution in [0.2, 0.25) is 0 Å². The number of hydrogen-bond donors (Lipinski definition) is 0. The van der Waals surface area contributed by atoms with Gasteiger partial charge in [0.1, 0.15) is 0 Å². The van der Waals surface area contributed by atoms with E-state index in [-0.39, 0.29) is 0 Å². The van der Waals surface area contributed by atoms with Gasteiger partial charge < -0.3 is 0 Å². The van der Waals surface area contributed by atoms with E-state index in [1.807, 2.05) is 13.3 Å². The van der Waals surface area contributed by atoms with Crippen LogP contribution in [0.4, 0.5) is 0 Å². The van der Waals surface area contributed by atoms with E-state index in [1.54, 1.807) is 12.4 Å². The molecule has 0 atom stereocenters. The van der Waals surface area contributed by atoms with Crippen molar-refractivity contribution < 1.29 is 0 Å². The zero-order chi connectivity index (χ0) is 6.69. The summed E-state index contributed by atoms with van der Waals surface area (Å²) in [4.78, 5) is 7.85. The average molecular weight is 186 g/mol. The molecule has 1 aromatic heterocycles. The van der Waals surface area contributed by atoms with E-state index in [0.717, 1.165) is 5.56 Å². The van der Waals surface area contributed by atoms with Gasteiger partial charge in [0, 0.05) is 12.4 Å². The van der Waals surface area contributed by atoms with Crippen molar-refractivity contribution in [1.82, 2.24) is 9.97 Å². The van der Waals surface area contributed by atoms with Gasteiger partial charge in [-0.2, -0.15) is 0 Å². The Balaban J connectivity index is 2.88. The fraction of sp³-hybridized carbons (Fsp3) is 0.167. The standard InChI is InChI=1S/C6H6BrN2/c1-2-5-3-8-6(7)9-4-5/h2-4H,1H3. The van der Waals surface area contributed by atoms with Gasteiger partial charge >= 0.3 is 0 Å². The molecule has 0 aliphatic carbocycles. The van der Waals surface area contributed by atoms with Crippen molar-refractivity contribution >= 4 is 15.9 Å². The van der Waals surface area contributed by atoms with Crippen molar-refractivity contribution in [3.8, 4) is 0 Å². The maximum atomic E-state index is 3.92. The van der Waals surface area contributed by atoms with Gasteiger partial charge in [0.25, 0.3) is 0 Å². The molecule has 0 amide bonds. The minimum Gasteiger partial charge on any atom is -0.230 e. The summed E-state index contributed by atoms with van der Waals surface area (Å²) >= 11 is 3.14. The zero-order valence-electron chi connectivity index (χ0n) is 5.00. The van der Waals surface area contributed by atoms with Crippen molar-refractivity contribution in [2.45, 2.75) is 6.92 Å². The van der Waals surface area contributed by atoms with Crippen LogP contribution in [0.5, 0.6) is 0 Å². The number of hydrogen-bond acceptors (Lipinski definition) is 2. The van der Waals surface area contributed by atoms with Crippen LogP contribution in [-0.2, 0) is 0 Å². The predicted molar refractivity (Wildman–Crippen MR) is 38.8 cm³/mol. The Labute approximate surface area is 62.5 Å². The molecule has 0 aliphatic heterocycles. The summed E-state index contributed by atoms with van der Waals surface area (Å²) in [6.07, 6.45) is 5.47. The van der Waals surface area contributed by atoms with Crippen molar-refractivity contribution in [3.05, 3.63) is 29.1 Å². The molecule has 1 heterocycles. The van der Waals surface area contributed by atoms with Crippen molar-refractivity contribution in [2.75, 3.05) is 0 Å². The van der Waals surface area contributed by atoms with Crippen LogP contribution in [-0.4, -0.2) is 9.97 Å². The third-order valence-electron chi connectivity index (χ3n) is 0.974. The van der Waals surface area contributed by atoms with Gasteiger partial charge in [0.15, 0.2) is 4.73 Å². The molecule has 0 bridgehead atoms. The summed E-state index contributed by atoms with van der Waals surface area (Å²) in [6, 6.07) is 0. The van der Waals surface area contributed by atoms with Crippen molar-refractivity contribution in [3.63, 3.8) is 0 Å². The lowest BCUT2D eigenvalue weighted by Crippen LogP contribution is -1.83. The summed E-state index contributed by atoms with van der Waals surface area (Å²) < 4.78 is 0.633. The van der Waals surface area contributed by atoms with Gasteiger partial charge in [-0.25, -0.2) is 9.97 Å². The molecule has 0 fully saturated rings. The SMILES string of the molecule is C[CH]c1cnc(Br)nc1. The quantitative estimate of drug-likeness (QED) is 0.625. The lowest BCUT2D eigenvalue weighted by atomic mass is 10.3. The second-order valence-electron chi connectivity index (χ2n) is 1.57. The fourth-order valence-electron chi connectivity index (χ4n) is 0.471. The second-order valence-corrected chi connectivity index (χ2v) is 2.28. The summed E-state index contributed by atoms with van der Waals surface area (Å²) in [6.45, 7) is 1.95. The van der Waals surface area contributed by atoms with E-state index in [1.165, 1.54) is 0 Å². The molecule has 1 aromatic rings. The van der Waals surface area contributed by atoms with Crippen molar-refractivity contribution in [2.24, 2.45) is 0 Å². The number of nitrogens with zero attached hydrogens (tertiary/aromatic N) is 2. The first kappa shape index (κ1) is 6.68. The molecule has 0 aromatic carbocycles. The van der Waals surface area contributed by atoms with Gasteiger partial charge in [-0.15, -0.1) is 0 Å². The van der Waals surface area contributed by atoms with Crippen LogP contribution < -0.4 is 0 Å². The Morgan fingerprint density at radius 3 is 2.44 bits per heavy atom. The largest absolute Gasteiger partial charge is 0.230 e. The van der Waals surface area contributed by atoms with Gasteiger partial charge in [0.2, 0.25) is 0 Å². The third kappa shape index (κ3) is 1.75. The normalized spacial score (nSPS) is 9.56. The molecular formula is C6H6BrN2. The molecule has 47 valence electrons. The number of halogens is 1. The molecule has 0 N–H and O–H groups in total. The highest BCUT2D eigenvalue weighted by atomic mass is 79.9. The molecular weight excluding hydrogens is 180 g/mol. The molecule has 0 saturated heterocycles. The first-order chi connectivity index (χ1) is 4.33. The summed E-state index contributed by atoms with van der Waals surface area (Å²) in [5, 5.41) is 0. The lowest BCUT2D eigenvalue weighted by Gasteiger charge is -1.91. The Kier molecular flexibility index (Phi) is 2.16. The lowest BCUT2D eigenvalue weighted by molar-refractivity contribution is 1.08. The summed E-state index contributed by atoms with van der Waals surface area (Å²) in [7, 11) is 0. The van der Waals surface area contributed by atoms with Crippen molar-refractivity contribution in [1.29, 1.82) is 0 Å². The molecule has 0 saturated carbocycles. The molecule has 1 rings (SSSR count). The van der Waals surface area contributed by atoms with Crippen LogP contribution in [0.1, 0.15) is 12.5 Å².